The van der Waals surface area contributed by atoms with Gasteiger partial charge in [0.05, 0.1) is 11.4 Å². The van der Waals surface area contributed by atoms with Crippen molar-refractivity contribution in [1.29, 1.82) is 0 Å². The number of hydrogen-bond acceptors (Lipinski definition) is 2. The minimum absolute atomic E-state index is 0.309. The summed E-state index contributed by atoms with van der Waals surface area (Å²) >= 11 is 3.46. The van der Waals surface area contributed by atoms with Crippen LogP contribution in [0.2, 0.25) is 0 Å². The number of nitrogens with zero attached hydrogens (tertiary/aromatic N) is 1. The first-order chi connectivity index (χ1) is 9.98. The van der Waals surface area contributed by atoms with Gasteiger partial charge in [0.2, 0.25) is 0 Å². The Hall–Kier alpha value is -1.59. The zero-order valence-electron chi connectivity index (χ0n) is 11.5. The van der Waals surface area contributed by atoms with Gasteiger partial charge in [-0.1, -0.05) is 42.0 Å². The van der Waals surface area contributed by atoms with E-state index in [1.54, 1.807) is 18.3 Å². The summed E-state index contributed by atoms with van der Waals surface area (Å²) in [7, 11) is -3.53. The molecule has 0 saturated carbocycles. The Kier molecular flexibility index (Phi) is 3.63. The number of halogens is 1. The molecule has 108 valence electrons. The van der Waals surface area contributed by atoms with Gasteiger partial charge in [0.1, 0.15) is 0 Å². The number of sulfonamides is 1. The molecule has 3 rings (SSSR count). The highest BCUT2D eigenvalue weighted by atomic mass is 79.9. The fraction of sp³-hybridized carbons (Fsp3) is 0.125. The molecule has 2 aromatic carbocycles. The van der Waals surface area contributed by atoms with E-state index in [4.69, 9.17) is 0 Å². The largest absolute Gasteiger partial charge is 0.268 e. The van der Waals surface area contributed by atoms with Crippen LogP contribution >= 0.6 is 15.9 Å². The Labute approximate surface area is 133 Å². The van der Waals surface area contributed by atoms with Gasteiger partial charge < -0.3 is 0 Å². The van der Waals surface area contributed by atoms with E-state index < -0.39 is 10.0 Å². The summed E-state index contributed by atoms with van der Waals surface area (Å²) < 4.78 is 27.6. The van der Waals surface area contributed by atoms with Crippen LogP contribution in [0.1, 0.15) is 16.7 Å². The van der Waals surface area contributed by atoms with Crippen LogP contribution in [-0.2, 0) is 16.6 Å². The second kappa shape index (κ2) is 5.31. The van der Waals surface area contributed by atoms with Gasteiger partial charge >= 0.3 is 0 Å². The number of benzene rings is 2. The van der Waals surface area contributed by atoms with Crippen LogP contribution in [0.3, 0.4) is 0 Å². The molecule has 1 aliphatic rings. The SMILES string of the molecule is Cc1ccc(S(=O)(=O)N2C=C(Br)c3ccccc3C2)cc1. The summed E-state index contributed by atoms with van der Waals surface area (Å²) in [4.78, 5) is 0.309. The quantitative estimate of drug-likeness (QED) is 0.811. The molecule has 5 heteroatoms. The third kappa shape index (κ3) is 2.63. The fourth-order valence-corrected chi connectivity index (χ4v) is 4.37. The van der Waals surface area contributed by atoms with Gasteiger partial charge in [-0.25, -0.2) is 8.42 Å². The lowest BCUT2D eigenvalue weighted by atomic mass is 10.1. The first kappa shape index (κ1) is 14.4. The summed E-state index contributed by atoms with van der Waals surface area (Å²) in [5, 5.41) is 0. The van der Waals surface area contributed by atoms with Crippen molar-refractivity contribution in [2.45, 2.75) is 18.4 Å². The van der Waals surface area contributed by atoms with Crippen molar-refractivity contribution in [2.24, 2.45) is 0 Å². The van der Waals surface area contributed by atoms with Crippen molar-refractivity contribution in [3.63, 3.8) is 0 Å². The van der Waals surface area contributed by atoms with E-state index in [0.717, 1.165) is 21.2 Å². The molecule has 1 aliphatic heterocycles. The molecule has 21 heavy (non-hydrogen) atoms. The third-order valence-corrected chi connectivity index (χ3v) is 5.84. The van der Waals surface area contributed by atoms with E-state index in [-0.39, 0.29) is 0 Å². The summed E-state index contributed by atoms with van der Waals surface area (Å²) in [5.74, 6) is 0. The van der Waals surface area contributed by atoms with Crippen LogP contribution in [0.4, 0.5) is 0 Å². The maximum atomic E-state index is 12.7. The van der Waals surface area contributed by atoms with Crippen LogP contribution in [0.25, 0.3) is 4.48 Å². The zero-order valence-corrected chi connectivity index (χ0v) is 13.9. The fourth-order valence-electron chi connectivity index (χ4n) is 2.30. The van der Waals surface area contributed by atoms with Gasteiger partial charge in [0.15, 0.2) is 0 Å². The summed E-state index contributed by atoms with van der Waals surface area (Å²) in [6.45, 7) is 2.28. The minimum atomic E-state index is -3.53. The highest BCUT2D eigenvalue weighted by Crippen LogP contribution is 2.33. The Balaban J connectivity index is 2.02. The molecule has 0 saturated heterocycles. The molecule has 3 nitrogen and oxygen atoms in total. The summed E-state index contributed by atoms with van der Waals surface area (Å²) in [6, 6.07) is 14.7. The predicted octanol–water partition coefficient (Wildman–Crippen LogP) is 3.89. The highest BCUT2D eigenvalue weighted by Gasteiger charge is 2.26. The molecular formula is C16H14BrNO2S. The third-order valence-electron chi connectivity index (χ3n) is 3.49. The van der Waals surface area contributed by atoms with Crippen LogP contribution in [0.15, 0.2) is 59.6 Å². The van der Waals surface area contributed by atoms with E-state index in [1.807, 2.05) is 43.3 Å². The Bertz CT molecular complexity index is 810. The molecule has 0 radical (unpaired) electrons. The number of hydrogen-bond donors (Lipinski definition) is 0. The summed E-state index contributed by atoms with van der Waals surface area (Å²) in [6.07, 6.45) is 1.64. The molecule has 0 fully saturated rings. The monoisotopic (exact) mass is 363 g/mol. The maximum absolute atomic E-state index is 12.7. The number of fused-ring (bicyclic) bond motifs is 1. The molecule has 0 unspecified atom stereocenters. The van der Waals surface area contributed by atoms with E-state index in [1.165, 1.54) is 4.31 Å². The van der Waals surface area contributed by atoms with Crippen LogP contribution in [-0.4, -0.2) is 12.7 Å². The maximum Gasteiger partial charge on any atom is 0.264 e. The second-order valence-corrected chi connectivity index (χ2v) is 7.74. The predicted molar refractivity (Wildman–Crippen MR) is 87.3 cm³/mol. The van der Waals surface area contributed by atoms with Crippen molar-refractivity contribution < 1.29 is 8.42 Å². The minimum Gasteiger partial charge on any atom is -0.268 e. The van der Waals surface area contributed by atoms with E-state index in [9.17, 15) is 8.42 Å². The lowest BCUT2D eigenvalue weighted by Gasteiger charge is -2.26. The van der Waals surface area contributed by atoms with Gasteiger partial charge in [0, 0.05) is 10.7 Å². The van der Waals surface area contributed by atoms with Gasteiger partial charge in [-0.05, 0) is 46.1 Å². The van der Waals surface area contributed by atoms with Crippen molar-refractivity contribution in [3.05, 3.63) is 71.4 Å². The number of rotatable bonds is 2. The first-order valence-electron chi connectivity index (χ1n) is 6.52. The van der Waals surface area contributed by atoms with Crippen molar-refractivity contribution in [3.8, 4) is 0 Å². The van der Waals surface area contributed by atoms with E-state index >= 15 is 0 Å². The van der Waals surface area contributed by atoms with Gasteiger partial charge in [-0.3, -0.25) is 4.31 Å². The molecule has 0 bridgehead atoms. The van der Waals surface area contributed by atoms with Gasteiger partial charge in [-0.2, -0.15) is 0 Å². The summed E-state index contributed by atoms with van der Waals surface area (Å²) in [5.41, 5.74) is 3.06. The van der Waals surface area contributed by atoms with Gasteiger partial charge in [-0.15, -0.1) is 0 Å². The Morgan fingerprint density at radius 2 is 1.71 bits per heavy atom. The zero-order chi connectivity index (χ0) is 15.0. The molecule has 0 aromatic heterocycles. The average molecular weight is 364 g/mol. The second-order valence-electron chi connectivity index (χ2n) is 5.00. The molecular weight excluding hydrogens is 350 g/mol. The lowest BCUT2D eigenvalue weighted by Crippen LogP contribution is -2.28. The Morgan fingerprint density at radius 1 is 1.05 bits per heavy atom. The molecule has 0 amide bonds. The first-order valence-corrected chi connectivity index (χ1v) is 8.76. The van der Waals surface area contributed by atoms with Gasteiger partial charge in [0.25, 0.3) is 10.0 Å². The molecule has 0 aliphatic carbocycles. The van der Waals surface area contributed by atoms with Crippen molar-refractivity contribution in [2.75, 3.05) is 0 Å². The molecule has 0 atom stereocenters. The van der Waals surface area contributed by atoms with Crippen molar-refractivity contribution >= 4 is 30.4 Å². The lowest BCUT2D eigenvalue weighted by molar-refractivity contribution is 0.493. The standard InChI is InChI=1S/C16H14BrNO2S/c1-12-6-8-14(9-7-12)21(19,20)18-10-13-4-2-3-5-15(13)16(17)11-18/h2-9,11H,10H2,1H3. The van der Waals surface area contributed by atoms with Crippen molar-refractivity contribution in [1.82, 2.24) is 4.31 Å². The Morgan fingerprint density at radius 3 is 2.43 bits per heavy atom. The van der Waals surface area contributed by atoms with E-state index in [2.05, 4.69) is 15.9 Å². The molecule has 1 heterocycles. The van der Waals surface area contributed by atoms with Crippen LogP contribution in [0.5, 0.6) is 0 Å². The molecule has 0 spiro atoms. The normalized spacial score (nSPS) is 14.6. The van der Waals surface area contributed by atoms with Crippen LogP contribution < -0.4 is 0 Å². The smallest absolute Gasteiger partial charge is 0.264 e. The van der Waals surface area contributed by atoms with Crippen LogP contribution in [0, 0.1) is 6.92 Å². The topological polar surface area (TPSA) is 37.4 Å². The highest BCUT2D eigenvalue weighted by molar-refractivity contribution is 9.15. The molecule has 2 aromatic rings. The number of aryl methyl sites for hydroxylation is 1. The van der Waals surface area contributed by atoms with E-state index in [0.29, 0.717) is 11.4 Å². The average Bonchev–Trinajstić information content (AvgIpc) is 2.47. The molecule has 0 N–H and O–H groups in total.